The number of nitrogens with one attached hydrogen (secondary N) is 2. The Hall–Kier alpha value is -0.770. The van der Waals surface area contributed by atoms with Crippen LogP contribution in [0.5, 0.6) is 0 Å². The van der Waals surface area contributed by atoms with Crippen molar-refractivity contribution < 1.29 is 4.79 Å². The number of urea groups is 1. The molecule has 4 N–H and O–H groups in total. The maximum atomic E-state index is 11.7. The van der Waals surface area contributed by atoms with Crippen molar-refractivity contribution in [1.82, 2.24) is 10.6 Å². The van der Waals surface area contributed by atoms with Crippen LogP contribution in [0.1, 0.15) is 46.5 Å². The predicted molar refractivity (Wildman–Crippen MR) is 66.2 cm³/mol. The Morgan fingerprint density at radius 2 is 2.00 bits per heavy atom. The molecule has 1 fully saturated rings. The van der Waals surface area contributed by atoms with E-state index in [0.29, 0.717) is 6.54 Å². The van der Waals surface area contributed by atoms with Gasteiger partial charge in [0.1, 0.15) is 0 Å². The Kier molecular flexibility index (Phi) is 4.59. The number of hydrogen-bond acceptors (Lipinski definition) is 2. The highest BCUT2D eigenvalue weighted by atomic mass is 16.2. The van der Waals surface area contributed by atoms with Crippen LogP contribution in [-0.4, -0.2) is 24.2 Å². The topological polar surface area (TPSA) is 67.1 Å². The Morgan fingerprint density at radius 3 is 2.44 bits per heavy atom. The Balaban J connectivity index is 2.50. The van der Waals surface area contributed by atoms with Crippen molar-refractivity contribution in [2.24, 2.45) is 11.7 Å². The van der Waals surface area contributed by atoms with E-state index in [-0.39, 0.29) is 17.6 Å². The molecule has 0 aromatic heterocycles. The molecule has 0 heterocycles. The molecule has 1 saturated carbocycles. The quantitative estimate of drug-likeness (QED) is 0.685. The van der Waals surface area contributed by atoms with Gasteiger partial charge in [-0.1, -0.05) is 6.92 Å². The van der Waals surface area contributed by atoms with Crippen LogP contribution in [0.25, 0.3) is 0 Å². The summed E-state index contributed by atoms with van der Waals surface area (Å²) in [6.07, 6.45) is 4.30. The predicted octanol–water partition coefficient (Wildman–Crippen LogP) is 1.60. The molecule has 0 aromatic carbocycles. The second-order valence-corrected chi connectivity index (χ2v) is 5.42. The lowest BCUT2D eigenvalue weighted by Gasteiger charge is -2.39. The first kappa shape index (κ1) is 13.3. The van der Waals surface area contributed by atoms with Crippen molar-refractivity contribution in [3.63, 3.8) is 0 Å². The minimum absolute atomic E-state index is 0.0880. The van der Waals surface area contributed by atoms with Gasteiger partial charge in [-0.15, -0.1) is 0 Å². The molecule has 2 amide bonds. The third kappa shape index (κ3) is 3.67. The summed E-state index contributed by atoms with van der Waals surface area (Å²) in [6, 6.07) is 0.0762. The number of nitrogens with two attached hydrogens (primary N) is 1. The zero-order valence-electron chi connectivity index (χ0n) is 10.7. The highest BCUT2D eigenvalue weighted by Crippen LogP contribution is 2.31. The highest BCUT2D eigenvalue weighted by molar-refractivity contribution is 5.75. The lowest BCUT2D eigenvalue weighted by atomic mass is 9.77. The molecule has 0 bridgehead atoms. The molecule has 16 heavy (non-hydrogen) atoms. The molecule has 94 valence electrons. The van der Waals surface area contributed by atoms with E-state index in [4.69, 9.17) is 5.73 Å². The van der Waals surface area contributed by atoms with Gasteiger partial charge in [-0.25, -0.2) is 4.79 Å². The largest absolute Gasteiger partial charge is 0.336 e. The van der Waals surface area contributed by atoms with Gasteiger partial charge in [0.25, 0.3) is 0 Å². The van der Waals surface area contributed by atoms with Gasteiger partial charge in [0.2, 0.25) is 0 Å². The minimum Gasteiger partial charge on any atom is -0.336 e. The average Bonchev–Trinajstić information content (AvgIpc) is 2.21. The summed E-state index contributed by atoms with van der Waals surface area (Å²) < 4.78 is 0. The minimum atomic E-state index is -0.175. The highest BCUT2D eigenvalue weighted by Gasteiger charge is 2.34. The van der Waals surface area contributed by atoms with Crippen LogP contribution in [0.3, 0.4) is 0 Å². The monoisotopic (exact) mass is 227 g/mol. The maximum Gasteiger partial charge on any atom is 0.315 e. The van der Waals surface area contributed by atoms with Gasteiger partial charge in [0.15, 0.2) is 0 Å². The van der Waals surface area contributed by atoms with Crippen molar-refractivity contribution >= 4 is 6.03 Å². The van der Waals surface area contributed by atoms with Gasteiger partial charge in [-0.3, -0.25) is 0 Å². The van der Waals surface area contributed by atoms with E-state index in [1.807, 2.05) is 13.8 Å². The second-order valence-electron chi connectivity index (χ2n) is 5.42. The van der Waals surface area contributed by atoms with E-state index in [1.165, 1.54) is 0 Å². The summed E-state index contributed by atoms with van der Waals surface area (Å²) in [4.78, 5) is 11.7. The second kappa shape index (κ2) is 5.53. The van der Waals surface area contributed by atoms with Crippen molar-refractivity contribution in [2.75, 3.05) is 6.54 Å². The summed E-state index contributed by atoms with van der Waals surface area (Å²) in [5, 5.41) is 5.91. The van der Waals surface area contributed by atoms with Crippen molar-refractivity contribution in [1.29, 1.82) is 0 Å². The molecule has 0 aromatic rings. The summed E-state index contributed by atoms with van der Waals surface area (Å²) in [6.45, 7) is 6.70. The molecule has 0 saturated heterocycles. The Labute approximate surface area is 98.3 Å². The van der Waals surface area contributed by atoms with E-state index in [2.05, 4.69) is 17.6 Å². The molecule has 1 aliphatic rings. The van der Waals surface area contributed by atoms with E-state index < -0.39 is 0 Å². The fourth-order valence-corrected chi connectivity index (χ4v) is 2.23. The van der Waals surface area contributed by atoms with Crippen molar-refractivity contribution in [3.05, 3.63) is 0 Å². The number of rotatable bonds is 3. The normalized spacial score (nSPS) is 30.2. The van der Waals surface area contributed by atoms with Crippen LogP contribution in [0.4, 0.5) is 4.79 Å². The maximum absolute atomic E-state index is 11.7. The van der Waals surface area contributed by atoms with Gasteiger partial charge < -0.3 is 16.4 Å². The molecular formula is C12H25N3O. The molecule has 0 spiro atoms. The van der Waals surface area contributed by atoms with Gasteiger partial charge in [0.05, 0.1) is 5.54 Å². The van der Waals surface area contributed by atoms with Crippen LogP contribution in [-0.2, 0) is 0 Å². The van der Waals surface area contributed by atoms with Crippen molar-refractivity contribution in [3.8, 4) is 0 Å². The summed E-state index contributed by atoms with van der Waals surface area (Å²) in [5.74, 6) is 0.759. The molecule has 4 heteroatoms. The first-order chi connectivity index (χ1) is 7.47. The van der Waals surface area contributed by atoms with Gasteiger partial charge in [0, 0.05) is 12.6 Å². The molecule has 0 atom stereocenters. The summed E-state index contributed by atoms with van der Waals surface area (Å²) >= 11 is 0. The fourth-order valence-electron chi connectivity index (χ4n) is 2.23. The first-order valence-electron chi connectivity index (χ1n) is 6.26. The third-order valence-corrected chi connectivity index (χ3v) is 3.42. The van der Waals surface area contributed by atoms with E-state index in [1.54, 1.807) is 0 Å². The number of carbonyl (C=O) groups is 1. The van der Waals surface area contributed by atoms with Crippen molar-refractivity contribution in [2.45, 2.75) is 58.0 Å². The van der Waals surface area contributed by atoms with Gasteiger partial charge >= 0.3 is 6.03 Å². The molecule has 0 aliphatic heterocycles. The van der Waals surface area contributed by atoms with E-state index >= 15 is 0 Å². The Bertz CT molecular complexity index is 232. The van der Waals surface area contributed by atoms with Crippen LogP contribution in [0.2, 0.25) is 0 Å². The average molecular weight is 227 g/mol. The number of carbonyl (C=O) groups excluding carboxylic acids is 1. The van der Waals surface area contributed by atoms with E-state index in [0.717, 1.165) is 31.6 Å². The molecule has 1 aliphatic carbocycles. The summed E-state index contributed by atoms with van der Waals surface area (Å²) in [5.41, 5.74) is 5.65. The van der Waals surface area contributed by atoms with Crippen LogP contribution in [0.15, 0.2) is 0 Å². The SMILES string of the molecule is CC1CCC(CN)(NC(=O)NC(C)C)CC1. The Morgan fingerprint density at radius 1 is 1.44 bits per heavy atom. The first-order valence-corrected chi connectivity index (χ1v) is 6.26. The zero-order valence-corrected chi connectivity index (χ0v) is 10.7. The zero-order chi connectivity index (χ0) is 12.2. The molecule has 1 rings (SSSR count). The van der Waals surface area contributed by atoms with Crippen LogP contribution < -0.4 is 16.4 Å². The summed E-state index contributed by atoms with van der Waals surface area (Å²) in [7, 11) is 0. The van der Waals surface area contributed by atoms with Gasteiger partial charge in [-0.05, 0) is 45.4 Å². The van der Waals surface area contributed by atoms with Crippen LogP contribution >= 0.6 is 0 Å². The van der Waals surface area contributed by atoms with E-state index in [9.17, 15) is 4.79 Å². The fraction of sp³-hybridized carbons (Fsp3) is 0.917. The molecular weight excluding hydrogens is 202 g/mol. The smallest absolute Gasteiger partial charge is 0.315 e. The lowest BCUT2D eigenvalue weighted by molar-refractivity contribution is 0.187. The van der Waals surface area contributed by atoms with Crippen LogP contribution in [0, 0.1) is 5.92 Å². The third-order valence-electron chi connectivity index (χ3n) is 3.42. The number of amides is 2. The number of hydrogen-bond donors (Lipinski definition) is 3. The van der Waals surface area contributed by atoms with Gasteiger partial charge in [-0.2, -0.15) is 0 Å². The molecule has 0 unspecified atom stereocenters. The standard InChI is InChI=1S/C12H25N3O/c1-9(2)14-11(16)15-12(8-13)6-4-10(3)5-7-12/h9-10H,4-8,13H2,1-3H3,(H2,14,15,16). The molecule has 0 radical (unpaired) electrons. The lowest BCUT2D eigenvalue weighted by Crippen LogP contribution is -2.58. The molecule has 4 nitrogen and oxygen atoms in total.